The monoisotopic (exact) mass is 254 g/mol. The van der Waals surface area contributed by atoms with Crippen LogP contribution in [-0.2, 0) is 4.79 Å². The number of rotatable bonds is 8. The van der Waals surface area contributed by atoms with E-state index in [1.165, 1.54) is 25.7 Å². The highest BCUT2D eigenvalue weighted by atomic mass is 16.1. The van der Waals surface area contributed by atoms with Gasteiger partial charge in [-0.1, -0.05) is 39.0 Å². The second-order valence-electron chi connectivity index (χ2n) is 5.79. The van der Waals surface area contributed by atoms with Crippen molar-refractivity contribution in [1.29, 1.82) is 0 Å². The van der Waals surface area contributed by atoms with Gasteiger partial charge in [-0.2, -0.15) is 0 Å². The van der Waals surface area contributed by atoms with Gasteiger partial charge in [0.25, 0.3) is 0 Å². The molecule has 0 aliphatic heterocycles. The van der Waals surface area contributed by atoms with Gasteiger partial charge in [-0.25, -0.2) is 0 Å². The van der Waals surface area contributed by atoms with Gasteiger partial charge < -0.3 is 11.1 Å². The normalized spacial score (nSPS) is 25.1. The molecule has 0 spiro atoms. The summed E-state index contributed by atoms with van der Waals surface area (Å²) in [6.07, 6.45) is 9.48. The smallest absolute Gasteiger partial charge is 0.223 e. The summed E-state index contributed by atoms with van der Waals surface area (Å²) in [5.41, 5.74) is 5.73. The van der Waals surface area contributed by atoms with E-state index >= 15 is 0 Å². The van der Waals surface area contributed by atoms with E-state index in [1.807, 2.05) is 0 Å². The van der Waals surface area contributed by atoms with Crippen LogP contribution in [0.2, 0.25) is 0 Å². The number of nitrogens with two attached hydrogens (primary N) is 1. The fourth-order valence-electron chi connectivity index (χ4n) is 2.96. The summed E-state index contributed by atoms with van der Waals surface area (Å²) in [6.45, 7) is 5.00. The predicted octanol–water partition coefficient (Wildman–Crippen LogP) is 2.84. The molecule has 3 unspecified atom stereocenters. The van der Waals surface area contributed by atoms with Crippen molar-refractivity contribution in [2.75, 3.05) is 6.54 Å². The Balaban J connectivity index is 2.22. The molecule has 3 N–H and O–H groups in total. The lowest BCUT2D eigenvalue weighted by Gasteiger charge is -2.21. The Bertz CT molecular complexity index is 243. The lowest BCUT2D eigenvalue weighted by atomic mass is 9.95. The second kappa shape index (κ2) is 8.52. The molecule has 0 radical (unpaired) electrons. The van der Waals surface area contributed by atoms with Crippen LogP contribution in [0.3, 0.4) is 0 Å². The van der Waals surface area contributed by atoms with E-state index in [0.717, 1.165) is 25.7 Å². The number of hydrogen-bond acceptors (Lipinski definition) is 2. The molecule has 0 bridgehead atoms. The van der Waals surface area contributed by atoms with Gasteiger partial charge in [-0.3, -0.25) is 4.79 Å². The van der Waals surface area contributed by atoms with Crippen molar-refractivity contribution in [3.05, 3.63) is 0 Å². The number of amides is 1. The van der Waals surface area contributed by atoms with Gasteiger partial charge in [0.05, 0.1) is 0 Å². The third-order valence-electron chi connectivity index (χ3n) is 4.18. The summed E-state index contributed by atoms with van der Waals surface area (Å²) >= 11 is 0. The number of nitrogens with one attached hydrogen (secondary N) is 1. The topological polar surface area (TPSA) is 55.1 Å². The van der Waals surface area contributed by atoms with Gasteiger partial charge in [-0.05, 0) is 38.6 Å². The number of hydrogen-bond donors (Lipinski definition) is 2. The van der Waals surface area contributed by atoms with Crippen LogP contribution in [0.15, 0.2) is 0 Å². The van der Waals surface area contributed by atoms with Crippen LogP contribution in [0.25, 0.3) is 0 Å². The van der Waals surface area contributed by atoms with E-state index in [1.54, 1.807) is 0 Å². The van der Waals surface area contributed by atoms with E-state index in [2.05, 4.69) is 19.2 Å². The molecule has 3 heteroatoms. The third kappa shape index (κ3) is 4.97. The Morgan fingerprint density at radius 3 is 2.78 bits per heavy atom. The average molecular weight is 254 g/mol. The first-order valence-electron chi connectivity index (χ1n) is 7.69. The first-order chi connectivity index (χ1) is 8.69. The quantitative estimate of drug-likeness (QED) is 0.654. The molecule has 106 valence electrons. The minimum absolute atomic E-state index is 0.174. The summed E-state index contributed by atoms with van der Waals surface area (Å²) in [7, 11) is 0. The molecule has 1 rings (SSSR count). The lowest BCUT2D eigenvalue weighted by molar-refractivity contribution is -0.126. The van der Waals surface area contributed by atoms with Crippen LogP contribution in [0, 0.1) is 11.8 Å². The van der Waals surface area contributed by atoms with Crippen molar-refractivity contribution in [3.8, 4) is 0 Å². The zero-order chi connectivity index (χ0) is 13.4. The van der Waals surface area contributed by atoms with Crippen molar-refractivity contribution in [1.82, 2.24) is 5.32 Å². The minimum Gasteiger partial charge on any atom is -0.353 e. The summed E-state index contributed by atoms with van der Waals surface area (Å²) in [5, 5.41) is 3.17. The molecule has 0 aromatic heterocycles. The number of unbranched alkanes of at least 4 members (excludes halogenated alkanes) is 3. The first kappa shape index (κ1) is 15.5. The molecule has 1 amide bonds. The molecule has 1 aliphatic rings. The molecule has 0 heterocycles. The van der Waals surface area contributed by atoms with Crippen LogP contribution >= 0.6 is 0 Å². The Labute approximate surface area is 112 Å². The van der Waals surface area contributed by atoms with Crippen molar-refractivity contribution in [2.45, 2.75) is 71.3 Å². The SMILES string of the molecule is CCCCCCC(C)NC(=O)C1CCCC1CN. The highest BCUT2D eigenvalue weighted by molar-refractivity contribution is 5.79. The van der Waals surface area contributed by atoms with E-state index in [0.29, 0.717) is 18.5 Å². The molecular weight excluding hydrogens is 224 g/mol. The van der Waals surface area contributed by atoms with Crippen molar-refractivity contribution >= 4 is 5.91 Å². The van der Waals surface area contributed by atoms with Crippen LogP contribution in [0.5, 0.6) is 0 Å². The van der Waals surface area contributed by atoms with E-state index in [9.17, 15) is 4.79 Å². The van der Waals surface area contributed by atoms with Crippen molar-refractivity contribution < 1.29 is 4.79 Å². The molecule has 3 atom stereocenters. The molecule has 1 aliphatic carbocycles. The van der Waals surface area contributed by atoms with Gasteiger partial charge in [0.15, 0.2) is 0 Å². The molecule has 3 nitrogen and oxygen atoms in total. The second-order valence-corrected chi connectivity index (χ2v) is 5.79. The van der Waals surface area contributed by atoms with Gasteiger partial charge in [0, 0.05) is 12.0 Å². The van der Waals surface area contributed by atoms with E-state index in [-0.39, 0.29) is 11.8 Å². The summed E-state index contributed by atoms with van der Waals surface area (Å²) in [4.78, 5) is 12.1. The summed E-state index contributed by atoms with van der Waals surface area (Å²) < 4.78 is 0. The molecular formula is C15H30N2O. The Hall–Kier alpha value is -0.570. The average Bonchev–Trinajstić information content (AvgIpc) is 2.83. The molecule has 0 aromatic carbocycles. The van der Waals surface area contributed by atoms with Gasteiger partial charge in [-0.15, -0.1) is 0 Å². The largest absolute Gasteiger partial charge is 0.353 e. The molecule has 0 aromatic rings. The van der Waals surface area contributed by atoms with Gasteiger partial charge in [0.2, 0.25) is 5.91 Å². The highest BCUT2D eigenvalue weighted by Gasteiger charge is 2.32. The maximum Gasteiger partial charge on any atom is 0.223 e. The fraction of sp³-hybridized carbons (Fsp3) is 0.933. The first-order valence-corrected chi connectivity index (χ1v) is 7.69. The molecule has 0 saturated heterocycles. The third-order valence-corrected chi connectivity index (χ3v) is 4.18. The lowest BCUT2D eigenvalue weighted by Crippen LogP contribution is -2.39. The minimum atomic E-state index is 0.174. The Kier molecular flexibility index (Phi) is 7.33. The highest BCUT2D eigenvalue weighted by Crippen LogP contribution is 2.31. The van der Waals surface area contributed by atoms with Crippen LogP contribution in [-0.4, -0.2) is 18.5 Å². The zero-order valence-electron chi connectivity index (χ0n) is 12.1. The van der Waals surface area contributed by atoms with Gasteiger partial charge in [0.1, 0.15) is 0 Å². The molecule has 1 fully saturated rings. The number of carbonyl (C=O) groups excluding carboxylic acids is 1. The predicted molar refractivity (Wildman–Crippen MR) is 76.2 cm³/mol. The Morgan fingerprint density at radius 2 is 2.11 bits per heavy atom. The standard InChI is InChI=1S/C15H30N2O/c1-3-4-5-6-8-12(2)17-15(18)14-10-7-9-13(14)11-16/h12-14H,3-11,16H2,1-2H3,(H,17,18). The van der Waals surface area contributed by atoms with Crippen LogP contribution < -0.4 is 11.1 Å². The van der Waals surface area contributed by atoms with Crippen molar-refractivity contribution in [2.24, 2.45) is 17.6 Å². The van der Waals surface area contributed by atoms with Crippen molar-refractivity contribution in [3.63, 3.8) is 0 Å². The maximum atomic E-state index is 12.1. The van der Waals surface area contributed by atoms with E-state index in [4.69, 9.17) is 5.73 Å². The summed E-state index contributed by atoms with van der Waals surface area (Å²) in [6, 6.07) is 0.313. The zero-order valence-corrected chi connectivity index (χ0v) is 12.1. The maximum absolute atomic E-state index is 12.1. The Morgan fingerprint density at radius 1 is 1.33 bits per heavy atom. The van der Waals surface area contributed by atoms with Crippen LogP contribution in [0.1, 0.15) is 65.2 Å². The van der Waals surface area contributed by atoms with Gasteiger partial charge >= 0.3 is 0 Å². The fourth-order valence-corrected chi connectivity index (χ4v) is 2.96. The summed E-state index contributed by atoms with van der Waals surface area (Å²) in [5.74, 6) is 0.830. The molecule has 18 heavy (non-hydrogen) atoms. The molecule has 1 saturated carbocycles. The van der Waals surface area contributed by atoms with E-state index < -0.39 is 0 Å². The van der Waals surface area contributed by atoms with Crippen LogP contribution in [0.4, 0.5) is 0 Å². The number of carbonyl (C=O) groups is 1.